The van der Waals surface area contributed by atoms with Gasteiger partial charge in [0.1, 0.15) is 16.1 Å². The Bertz CT molecular complexity index is 1190. The first-order valence-electron chi connectivity index (χ1n) is 11.0. The molecular formula is C25H21Cl3F2NO4S+. The Morgan fingerprint density at radius 3 is 2.36 bits per heavy atom. The number of thioether (sulfide) groups is 1. The van der Waals surface area contributed by atoms with Crippen molar-refractivity contribution in [2.45, 2.75) is 36.9 Å². The zero-order valence-corrected chi connectivity index (χ0v) is 21.8. The maximum absolute atomic E-state index is 13.0. The van der Waals surface area contributed by atoms with E-state index < -0.39 is 18.0 Å². The fourth-order valence-corrected chi connectivity index (χ4v) is 4.63. The predicted molar refractivity (Wildman–Crippen MR) is 135 cm³/mol. The Labute approximate surface area is 226 Å². The molecule has 36 heavy (non-hydrogen) atoms. The summed E-state index contributed by atoms with van der Waals surface area (Å²) in [6.45, 7) is -2.63. The summed E-state index contributed by atoms with van der Waals surface area (Å²) in [5, 5.41) is 0.680. The Hall–Kier alpha value is -2.26. The minimum absolute atomic E-state index is 0.0969. The van der Waals surface area contributed by atoms with Gasteiger partial charge in [-0.2, -0.15) is 8.78 Å². The second-order valence-corrected chi connectivity index (χ2v) is 10.3. The fraction of sp³-hybridized carbons (Fsp3) is 0.280. The van der Waals surface area contributed by atoms with E-state index in [1.54, 1.807) is 48.8 Å². The zero-order chi connectivity index (χ0) is 25.7. The molecular weight excluding hydrogens is 555 g/mol. The number of benzene rings is 2. The van der Waals surface area contributed by atoms with Gasteiger partial charge in [0.05, 0.1) is 6.61 Å². The molecule has 0 radical (unpaired) electrons. The third-order valence-electron chi connectivity index (χ3n) is 5.37. The summed E-state index contributed by atoms with van der Waals surface area (Å²) in [5.41, 5.74) is 1.06. The van der Waals surface area contributed by atoms with Gasteiger partial charge in [-0.3, -0.25) is 0 Å². The summed E-state index contributed by atoms with van der Waals surface area (Å²) in [6, 6.07) is 11.2. The maximum atomic E-state index is 13.0. The number of hydrogen-bond acceptors (Lipinski definition) is 5. The maximum Gasteiger partial charge on any atom is 0.387 e. The lowest BCUT2D eigenvalue weighted by Crippen LogP contribution is -2.14. The number of alkyl halides is 2. The first-order valence-corrected chi connectivity index (χ1v) is 12.9. The molecule has 4 rings (SSSR count). The molecule has 1 aromatic heterocycles. The normalized spacial score (nSPS) is 13.9. The summed E-state index contributed by atoms with van der Waals surface area (Å²) in [5.74, 6) is 0.431. The second-order valence-electron chi connectivity index (χ2n) is 8.09. The van der Waals surface area contributed by atoms with Crippen LogP contribution in [0.15, 0.2) is 59.8 Å². The third-order valence-corrected chi connectivity index (χ3v) is 7.06. The third kappa shape index (κ3) is 7.62. The highest BCUT2D eigenvalue weighted by Crippen LogP contribution is 2.38. The number of ether oxygens (including phenoxy) is 3. The van der Waals surface area contributed by atoms with Gasteiger partial charge in [0.25, 0.3) is 0 Å². The largest absolute Gasteiger partial charge is 0.489 e. The minimum Gasteiger partial charge on any atom is -0.489 e. The molecule has 1 atom stereocenters. The Kier molecular flexibility index (Phi) is 9.17. The summed E-state index contributed by atoms with van der Waals surface area (Å²) >= 11 is 19.5. The van der Waals surface area contributed by atoms with Crippen molar-refractivity contribution in [1.82, 2.24) is 0 Å². The van der Waals surface area contributed by atoms with Crippen molar-refractivity contribution in [3.63, 3.8) is 0 Å². The number of rotatable bonds is 10. The van der Waals surface area contributed by atoms with Crippen molar-refractivity contribution in [3.05, 3.63) is 81.1 Å². The summed E-state index contributed by atoms with van der Waals surface area (Å²) in [4.78, 5) is 16.3. The van der Waals surface area contributed by atoms with Gasteiger partial charge >= 0.3 is 11.9 Å². The fourth-order valence-electron chi connectivity index (χ4n) is 3.35. The minimum atomic E-state index is -3.01. The van der Waals surface area contributed by atoms with Crippen LogP contribution in [0.25, 0.3) is 0 Å². The quantitative estimate of drug-likeness (QED) is 0.181. The predicted octanol–water partition coefficient (Wildman–Crippen LogP) is 8.06. The van der Waals surface area contributed by atoms with E-state index in [0.29, 0.717) is 43.6 Å². The molecule has 0 unspecified atom stereocenters. The van der Waals surface area contributed by atoms with E-state index in [9.17, 15) is 13.6 Å². The van der Waals surface area contributed by atoms with Gasteiger partial charge in [-0.25, -0.2) is 9.78 Å². The average Bonchev–Trinajstić information content (AvgIpc) is 3.66. The first kappa shape index (κ1) is 26.8. The average molecular weight is 576 g/mol. The lowest BCUT2D eigenvalue weighted by Gasteiger charge is -2.21. The number of halogens is 5. The summed E-state index contributed by atoms with van der Waals surface area (Å²) < 4.78 is 42.2. The Morgan fingerprint density at radius 2 is 1.72 bits per heavy atom. The highest BCUT2D eigenvalue weighted by Gasteiger charge is 2.26. The van der Waals surface area contributed by atoms with Gasteiger partial charge in [-0.15, -0.1) is 0 Å². The summed E-state index contributed by atoms with van der Waals surface area (Å²) in [7, 11) is 0. The van der Waals surface area contributed by atoms with E-state index in [4.69, 9.17) is 44.3 Å². The van der Waals surface area contributed by atoms with Crippen molar-refractivity contribution in [2.24, 2.45) is 5.92 Å². The van der Waals surface area contributed by atoms with Crippen LogP contribution in [-0.2, 0) is 11.2 Å². The van der Waals surface area contributed by atoms with Crippen molar-refractivity contribution in [2.75, 3.05) is 6.61 Å². The number of carbonyl (C=O) groups is 1. The number of H-pyrrole nitrogens is 1. The van der Waals surface area contributed by atoms with Gasteiger partial charge < -0.3 is 14.2 Å². The molecule has 2 aromatic carbocycles. The van der Waals surface area contributed by atoms with E-state index >= 15 is 0 Å². The van der Waals surface area contributed by atoms with Crippen LogP contribution in [0.2, 0.25) is 15.1 Å². The van der Waals surface area contributed by atoms with E-state index in [1.807, 2.05) is 0 Å². The molecule has 1 aliphatic carbocycles. The van der Waals surface area contributed by atoms with Crippen LogP contribution in [-0.4, -0.2) is 18.5 Å². The number of aromatic nitrogens is 1. The molecule has 1 saturated carbocycles. The van der Waals surface area contributed by atoms with Gasteiger partial charge in [0, 0.05) is 21.9 Å². The molecule has 0 spiro atoms. The van der Waals surface area contributed by atoms with Gasteiger partial charge in [-0.1, -0.05) is 40.9 Å². The topological polar surface area (TPSA) is 58.9 Å². The zero-order valence-electron chi connectivity index (χ0n) is 18.7. The number of pyridine rings is 1. The number of carbonyl (C=O) groups excluding carboxylic acids is 1. The molecule has 3 aromatic rings. The van der Waals surface area contributed by atoms with Crippen molar-refractivity contribution in [3.8, 4) is 11.5 Å². The van der Waals surface area contributed by atoms with Crippen LogP contribution in [0, 0.1) is 5.92 Å². The molecule has 1 fully saturated rings. The highest BCUT2D eigenvalue weighted by molar-refractivity contribution is 8.13. The lowest BCUT2D eigenvalue weighted by molar-refractivity contribution is -0.377. The molecule has 1 N–H and O–H groups in total. The first-order chi connectivity index (χ1) is 17.3. The molecule has 0 bridgehead atoms. The molecule has 0 saturated heterocycles. The van der Waals surface area contributed by atoms with Crippen LogP contribution in [0.3, 0.4) is 0 Å². The monoisotopic (exact) mass is 574 g/mol. The highest BCUT2D eigenvalue weighted by atomic mass is 35.5. The van der Waals surface area contributed by atoms with E-state index in [0.717, 1.165) is 24.6 Å². The van der Waals surface area contributed by atoms with Crippen molar-refractivity contribution in [1.29, 1.82) is 0 Å². The van der Waals surface area contributed by atoms with E-state index in [1.165, 1.54) is 6.07 Å². The van der Waals surface area contributed by atoms with Crippen LogP contribution in [0.4, 0.5) is 13.6 Å². The SMILES string of the molecule is O=C(O[C@@H](Cc1c(Cl)c[nH+]cc1Cl)c1ccc(OC(F)F)c(OCC2CC2)c1)Sc1ccc(Cl)cc1. The number of nitrogens with one attached hydrogen (secondary N) is 1. The van der Waals surface area contributed by atoms with Crippen molar-refractivity contribution >= 4 is 51.9 Å². The molecule has 11 heteroatoms. The second kappa shape index (κ2) is 12.3. The van der Waals surface area contributed by atoms with E-state index in [-0.39, 0.29) is 17.9 Å². The molecule has 0 amide bonds. The van der Waals surface area contributed by atoms with Crippen LogP contribution in [0.1, 0.15) is 30.1 Å². The molecule has 1 heterocycles. The Balaban J connectivity index is 1.62. The Morgan fingerprint density at radius 1 is 1.03 bits per heavy atom. The molecule has 0 aliphatic heterocycles. The van der Waals surface area contributed by atoms with Crippen molar-refractivity contribution < 1.29 is 32.8 Å². The van der Waals surface area contributed by atoms with Gasteiger partial charge in [0.2, 0.25) is 0 Å². The smallest absolute Gasteiger partial charge is 0.387 e. The molecule has 190 valence electrons. The summed E-state index contributed by atoms with van der Waals surface area (Å²) in [6.07, 6.45) is 4.46. The van der Waals surface area contributed by atoms with Gasteiger partial charge in [-0.05, 0) is 72.5 Å². The van der Waals surface area contributed by atoms with E-state index in [2.05, 4.69) is 9.72 Å². The number of hydrogen-bond donors (Lipinski definition) is 0. The van der Waals surface area contributed by atoms with Crippen LogP contribution >= 0.6 is 46.6 Å². The molecule has 5 nitrogen and oxygen atoms in total. The van der Waals surface area contributed by atoms with Crippen LogP contribution < -0.4 is 14.5 Å². The lowest BCUT2D eigenvalue weighted by atomic mass is 10.0. The molecule has 1 aliphatic rings. The van der Waals surface area contributed by atoms with Crippen LogP contribution in [0.5, 0.6) is 11.5 Å². The standard InChI is InChI=1S/C25H20Cl3F2NO4S/c26-16-4-6-17(7-5-16)36-25(32)35-22(10-18-19(27)11-31-12-20(18)28)15-3-8-21(34-24(29)30)23(9-15)33-13-14-1-2-14/h3-9,11-12,14,22,24H,1-2,10,13H2/p+1/t22-/m0/s1. The van der Waals surface area contributed by atoms with Gasteiger partial charge in [0.15, 0.2) is 23.9 Å². The number of aromatic amines is 1.